The van der Waals surface area contributed by atoms with E-state index in [0.717, 1.165) is 6.42 Å². The maximum absolute atomic E-state index is 13.2. The number of likely N-dealkylation sites (N-methyl/N-ethyl adjacent to an activating group) is 1. The second-order valence-electron chi connectivity index (χ2n) is 7.23. The van der Waals surface area contributed by atoms with Crippen LogP contribution in [0.4, 0.5) is 5.69 Å². The lowest BCUT2D eigenvalue weighted by Crippen LogP contribution is -2.49. The second kappa shape index (κ2) is 8.77. The molecule has 2 heterocycles. The number of carbonyl (C=O) groups excluding carboxylic acids is 1. The number of hydrogen-bond acceptors (Lipinski definition) is 6. The fraction of sp³-hybridized carbons (Fsp3) is 0.632. The van der Waals surface area contributed by atoms with Crippen LogP contribution < -0.4 is 4.90 Å². The van der Waals surface area contributed by atoms with Crippen molar-refractivity contribution in [2.75, 3.05) is 59.0 Å². The van der Waals surface area contributed by atoms with Gasteiger partial charge in [0.25, 0.3) is 0 Å². The number of rotatable bonds is 7. The van der Waals surface area contributed by atoms with Gasteiger partial charge in [0.1, 0.15) is 10.9 Å². The number of methoxy groups -OCH3 is 2. The molecule has 1 aromatic rings. The first-order valence-electron chi connectivity index (χ1n) is 9.52. The quantitative estimate of drug-likeness (QED) is 0.660. The molecule has 28 heavy (non-hydrogen) atoms. The minimum atomic E-state index is -3.65. The van der Waals surface area contributed by atoms with E-state index in [1.165, 1.54) is 4.31 Å². The van der Waals surface area contributed by atoms with Crippen LogP contribution in [0.25, 0.3) is 0 Å². The number of amides is 1. The molecule has 2 aliphatic rings. The van der Waals surface area contributed by atoms with Gasteiger partial charge >= 0.3 is 0 Å². The average molecular weight is 412 g/mol. The van der Waals surface area contributed by atoms with E-state index in [-0.39, 0.29) is 22.9 Å². The van der Waals surface area contributed by atoms with Crippen molar-refractivity contribution in [1.82, 2.24) is 9.21 Å². The van der Waals surface area contributed by atoms with Crippen LogP contribution in [0.1, 0.15) is 12.8 Å². The van der Waals surface area contributed by atoms with E-state index in [1.54, 1.807) is 44.4 Å². The van der Waals surface area contributed by atoms with E-state index in [1.807, 2.05) is 11.0 Å². The van der Waals surface area contributed by atoms with Gasteiger partial charge in [-0.3, -0.25) is 4.79 Å². The third kappa shape index (κ3) is 3.89. The van der Waals surface area contributed by atoms with Gasteiger partial charge in [0.2, 0.25) is 15.9 Å². The van der Waals surface area contributed by atoms with Crippen LogP contribution in [-0.4, -0.2) is 89.7 Å². The van der Waals surface area contributed by atoms with Gasteiger partial charge in [-0.25, -0.2) is 8.42 Å². The zero-order valence-electron chi connectivity index (χ0n) is 16.7. The number of para-hydroxylation sites is 1. The van der Waals surface area contributed by atoms with E-state index in [0.29, 0.717) is 45.0 Å². The molecule has 1 amide bonds. The largest absolute Gasteiger partial charge is 0.383 e. The van der Waals surface area contributed by atoms with Gasteiger partial charge in [-0.2, -0.15) is 4.31 Å². The maximum Gasteiger partial charge on any atom is 0.245 e. The number of benzene rings is 1. The summed E-state index contributed by atoms with van der Waals surface area (Å²) < 4.78 is 38.2. The standard InChI is InChI=1S/C19H29N3O5S/c1-20(10-12-26-2)19(23)17-9-8-15-14-21(11-13-27-3)28(24,25)18-7-5-4-6-16(18)22(15)17/h4-7,15,17H,8-14H2,1-3H3/t15-,17+/m1/s1. The first-order chi connectivity index (χ1) is 13.4. The molecular formula is C19H29N3O5S. The number of fused-ring (bicyclic) bond motifs is 3. The predicted molar refractivity (Wildman–Crippen MR) is 106 cm³/mol. The predicted octanol–water partition coefficient (Wildman–Crippen LogP) is 0.780. The Morgan fingerprint density at radius 1 is 1.18 bits per heavy atom. The van der Waals surface area contributed by atoms with E-state index in [2.05, 4.69) is 0 Å². The second-order valence-corrected chi connectivity index (χ2v) is 9.14. The number of ether oxygens (including phenoxy) is 2. The smallest absolute Gasteiger partial charge is 0.245 e. The highest BCUT2D eigenvalue weighted by atomic mass is 32.2. The van der Waals surface area contributed by atoms with Crippen molar-refractivity contribution in [2.45, 2.75) is 29.8 Å². The Kier molecular flexibility index (Phi) is 6.59. The summed E-state index contributed by atoms with van der Waals surface area (Å²) in [5.74, 6) is -0.00269. The van der Waals surface area contributed by atoms with Crippen LogP contribution in [-0.2, 0) is 24.3 Å². The Morgan fingerprint density at radius 3 is 2.61 bits per heavy atom. The van der Waals surface area contributed by atoms with E-state index in [4.69, 9.17) is 9.47 Å². The lowest BCUT2D eigenvalue weighted by Gasteiger charge is -2.33. The van der Waals surface area contributed by atoms with E-state index < -0.39 is 10.0 Å². The van der Waals surface area contributed by atoms with Gasteiger partial charge < -0.3 is 19.3 Å². The molecule has 0 spiro atoms. The first-order valence-corrected chi connectivity index (χ1v) is 11.0. The highest BCUT2D eigenvalue weighted by Gasteiger charge is 2.45. The molecular weight excluding hydrogens is 382 g/mol. The van der Waals surface area contributed by atoms with Gasteiger partial charge in [-0.1, -0.05) is 12.1 Å². The SMILES string of the molecule is COCCN(C)C(=O)[C@@H]1CC[C@@H]2CN(CCOC)S(=O)(=O)c3ccccc3N21. The molecule has 0 bridgehead atoms. The monoisotopic (exact) mass is 411 g/mol. The van der Waals surface area contributed by atoms with Gasteiger partial charge in [-0.05, 0) is 25.0 Å². The van der Waals surface area contributed by atoms with Crippen LogP contribution in [0, 0.1) is 0 Å². The number of carbonyl (C=O) groups is 1. The Hall–Kier alpha value is -1.68. The van der Waals surface area contributed by atoms with Crippen LogP contribution >= 0.6 is 0 Å². The molecule has 0 aliphatic carbocycles. The molecule has 1 fully saturated rings. The van der Waals surface area contributed by atoms with Crippen molar-refractivity contribution < 1.29 is 22.7 Å². The number of anilines is 1. The molecule has 0 aromatic heterocycles. The summed E-state index contributed by atoms with van der Waals surface area (Å²) in [5.41, 5.74) is 0.614. The normalized spacial score (nSPS) is 23.8. The molecule has 0 unspecified atom stereocenters. The van der Waals surface area contributed by atoms with Crippen LogP contribution in [0.15, 0.2) is 29.2 Å². The molecule has 9 heteroatoms. The highest BCUT2D eigenvalue weighted by Crippen LogP contribution is 2.40. The highest BCUT2D eigenvalue weighted by molar-refractivity contribution is 7.89. The average Bonchev–Trinajstić information content (AvgIpc) is 3.08. The van der Waals surface area contributed by atoms with Crippen LogP contribution in [0.3, 0.4) is 0 Å². The molecule has 3 rings (SSSR count). The topological polar surface area (TPSA) is 79.4 Å². The fourth-order valence-corrected chi connectivity index (χ4v) is 5.68. The third-order valence-corrected chi connectivity index (χ3v) is 7.43. The molecule has 2 aliphatic heterocycles. The van der Waals surface area contributed by atoms with Gasteiger partial charge in [0.05, 0.1) is 18.9 Å². The Balaban J connectivity index is 1.97. The first kappa shape index (κ1) is 21.0. The molecule has 0 radical (unpaired) electrons. The lowest BCUT2D eigenvalue weighted by atomic mass is 10.1. The van der Waals surface area contributed by atoms with Crippen molar-refractivity contribution in [2.24, 2.45) is 0 Å². The minimum absolute atomic E-state index is 0.00269. The lowest BCUT2D eigenvalue weighted by molar-refractivity contribution is -0.131. The summed E-state index contributed by atoms with van der Waals surface area (Å²) in [4.78, 5) is 17.0. The zero-order chi connectivity index (χ0) is 20.3. The molecule has 156 valence electrons. The van der Waals surface area contributed by atoms with Gasteiger partial charge in [0.15, 0.2) is 0 Å². The fourth-order valence-electron chi connectivity index (χ4n) is 4.03. The minimum Gasteiger partial charge on any atom is -0.383 e. The molecule has 1 aromatic carbocycles. The maximum atomic E-state index is 13.2. The summed E-state index contributed by atoms with van der Waals surface area (Å²) in [7, 11) is 1.28. The number of sulfonamides is 1. The summed E-state index contributed by atoms with van der Waals surface area (Å²) in [5, 5.41) is 0. The number of nitrogens with zero attached hydrogens (tertiary/aromatic N) is 3. The van der Waals surface area contributed by atoms with Crippen molar-refractivity contribution >= 4 is 21.6 Å². The molecule has 8 nitrogen and oxygen atoms in total. The third-order valence-electron chi connectivity index (χ3n) is 5.52. The summed E-state index contributed by atoms with van der Waals surface area (Å²) >= 11 is 0. The van der Waals surface area contributed by atoms with Crippen molar-refractivity contribution in [3.8, 4) is 0 Å². The van der Waals surface area contributed by atoms with Crippen molar-refractivity contribution in [3.63, 3.8) is 0 Å². The van der Waals surface area contributed by atoms with Crippen LogP contribution in [0.2, 0.25) is 0 Å². The van der Waals surface area contributed by atoms with Crippen molar-refractivity contribution in [1.29, 1.82) is 0 Å². The molecule has 0 N–H and O–H groups in total. The Morgan fingerprint density at radius 2 is 1.89 bits per heavy atom. The molecule has 2 atom stereocenters. The van der Waals surface area contributed by atoms with Crippen LogP contribution in [0.5, 0.6) is 0 Å². The Bertz CT molecular complexity index is 801. The molecule has 0 saturated carbocycles. The summed E-state index contributed by atoms with van der Waals surface area (Å²) in [6, 6.07) is 6.57. The summed E-state index contributed by atoms with van der Waals surface area (Å²) in [6.07, 6.45) is 1.47. The Labute approximate surface area is 167 Å². The van der Waals surface area contributed by atoms with E-state index >= 15 is 0 Å². The zero-order valence-corrected chi connectivity index (χ0v) is 17.5. The van der Waals surface area contributed by atoms with Gasteiger partial charge in [0, 0.05) is 46.9 Å². The van der Waals surface area contributed by atoms with E-state index in [9.17, 15) is 13.2 Å². The molecule has 1 saturated heterocycles. The van der Waals surface area contributed by atoms with Crippen molar-refractivity contribution in [3.05, 3.63) is 24.3 Å². The van der Waals surface area contributed by atoms with Gasteiger partial charge in [-0.15, -0.1) is 0 Å². The summed E-state index contributed by atoms with van der Waals surface area (Å²) in [6.45, 7) is 1.95. The number of hydrogen-bond donors (Lipinski definition) is 0.